The van der Waals surface area contributed by atoms with E-state index in [4.69, 9.17) is 11.6 Å². The number of sulfonamides is 1. The first kappa shape index (κ1) is 18.2. The fraction of sp³-hybridized carbons (Fsp3) is 0.533. The van der Waals surface area contributed by atoms with Gasteiger partial charge in [0.2, 0.25) is 15.9 Å². The van der Waals surface area contributed by atoms with Crippen molar-refractivity contribution in [3.8, 4) is 0 Å². The predicted octanol–water partition coefficient (Wildman–Crippen LogP) is 1.43. The Labute approximate surface area is 141 Å². The summed E-state index contributed by atoms with van der Waals surface area (Å²) in [6.45, 7) is -0.606. The first-order chi connectivity index (χ1) is 10.9. The highest BCUT2D eigenvalue weighted by atomic mass is 35.5. The molecule has 1 atom stereocenters. The highest BCUT2D eigenvalue weighted by molar-refractivity contribution is 7.89. The molecule has 1 fully saturated rings. The third kappa shape index (κ3) is 5.17. The largest absolute Gasteiger partial charge is 0.394 e. The standard InChI is InChI=1S/C15H21ClN2O4S/c16-11-6-8-13(9-7-11)23(21,22)18-14(10-19)15(20)17-12-4-2-1-3-5-12/h6-9,12,14,18-19H,1-5,10H2,(H,17,20). The van der Waals surface area contributed by atoms with Gasteiger partial charge in [-0.3, -0.25) is 4.79 Å². The Bertz CT molecular complexity index is 627. The molecule has 8 heteroatoms. The van der Waals surface area contributed by atoms with Crippen molar-refractivity contribution in [1.29, 1.82) is 0 Å². The highest BCUT2D eigenvalue weighted by Crippen LogP contribution is 2.18. The maximum atomic E-state index is 12.3. The maximum absolute atomic E-state index is 12.3. The van der Waals surface area contributed by atoms with Crippen LogP contribution in [0.2, 0.25) is 5.02 Å². The topological polar surface area (TPSA) is 95.5 Å². The summed E-state index contributed by atoms with van der Waals surface area (Å²) >= 11 is 5.73. The molecule has 1 unspecified atom stereocenters. The minimum Gasteiger partial charge on any atom is -0.394 e. The lowest BCUT2D eigenvalue weighted by atomic mass is 9.95. The molecule has 1 aliphatic carbocycles. The lowest BCUT2D eigenvalue weighted by Crippen LogP contribution is -2.51. The maximum Gasteiger partial charge on any atom is 0.241 e. The molecule has 0 heterocycles. The van der Waals surface area contributed by atoms with Crippen LogP contribution in [0.5, 0.6) is 0 Å². The quantitative estimate of drug-likeness (QED) is 0.715. The summed E-state index contributed by atoms with van der Waals surface area (Å²) in [6, 6.07) is 4.43. The van der Waals surface area contributed by atoms with E-state index in [-0.39, 0.29) is 10.9 Å². The summed E-state index contributed by atoms with van der Waals surface area (Å²) in [5.41, 5.74) is 0. The van der Waals surface area contributed by atoms with Gasteiger partial charge in [-0.25, -0.2) is 8.42 Å². The molecule has 1 aliphatic rings. The van der Waals surface area contributed by atoms with Gasteiger partial charge < -0.3 is 10.4 Å². The zero-order chi connectivity index (χ0) is 16.9. The Morgan fingerprint density at radius 1 is 1.22 bits per heavy atom. The van der Waals surface area contributed by atoms with Gasteiger partial charge in [-0.05, 0) is 37.1 Å². The van der Waals surface area contributed by atoms with Crippen LogP contribution < -0.4 is 10.0 Å². The van der Waals surface area contributed by atoms with Crippen LogP contribution in [0.25, 0.3) is 0 Å². The van der Waals surface area contributed by atoms with E-state index in [0.717, 1.165) is 32.1 Å². The first-order valence-corrected chi connectivity index (χ1v) is 9.47. The number of amides is 1. The van der Waals surface area contributed by atoms with E-state index in [9.17, 15) is 18.3 Å². The molecule has 0 radical (unpaired) electrons. The second kappa shape index (κ2) is 8.10. The summed E-state index contributed by atoms with van der Waals surface area (Å²) in [6.07, 6.45) is 5.01. The van der Waals surface area contributed by atoms with Crippen LogP contribution in [0.4, 0.5) is 0 Å². The fourth-order valence-corrected chi connectivity index (χ4v) is 3.90. The second-order valence-corrected chi connectivity index (χ2v) is 7.80. The van der Waals surface area contributed by atoms with Gasteiger partial charge in [0.05, 0.1) is 11.5 Å². The summed E-state index contributed by atoms with van der Waals surface area (Å²) in [5.74, 6) is -0.503. The van der Waals surface area contributed by atoms with Crippen LogP contribution in [-0.2, 0) is 14.8 Å². The number of aliphatic hydroxyl groups excluding tert-OH is 1. The molecule has 1 aromatic rings. The van der Waals surface area contributed by atoms with Gasteiger partial charge in [0.1, 0.15) is 6.04 Å². The molecular formula is C15H21ClN2O4S. The highest BCUT2D eigenvalue weighted by Gasteiger charge is 2.27. The average Bonchev–Trinajstić information content (AvgIpc) is 2.54. The third-order valence-electron chi connectivity index (χ3n) is 3.87. The third-order valence-corrected chi connectivity index (χ3v) is 5.61. The summed E-state index contributed by atoms with van der Waals surface area (Å²) < 4.78 is 26.8. The molecular weight excluding hydrogens is 340 g/mol. The van der Waals surface area contributed by atoms with Gasteiger partial charge in [0.25, 0.3) is 0 Å². The zero-order valence-electron chi connectivity index (χ0n) is 12.7. The van der Waals surface area contributed by atoms with Crippen LogP contribution in [0.1, 0.15) is 32.1 Å². The summed E-state index contributed by atoms with van der Waals surface area (Å²) in [7, 11) is -3.90. The Kier molecular flexibility index (Phi) is 6.41. The molecule has 1 saturated carbocycles. The van der Waals surface area contributed by atoms with Crippen LogP contribution in [0.3, 0.4) is 0 Å². The molecule has 23 heavy (non-hydrogen) atoms. The molecule has 0 spiro atoms. The fourth-order valence-electron chi connectivity index (χ4n) is 2.59. The van der Waals surface area contributed by atoms with Gasteiger partial charge in [0, 0.05) is 11.1 Å². The van der Waals surface area contributed by atoms with Crippen LogP contribution in [0.15, 0.2) is 29.2 Å². The van der Waals surface area contributed by atoms with Crippen LogP contribution >= 0.6 is 11.6 Å². The number of halogens is 1. The van der Waals surface area contributed by atoms with Crippen LogP contribution in [-0.4, -0.2) is 38.1 Å². The van der Waals surface area contributed by atoms with Gasteiger partial charge in [-0.2, -0.15) is 4.72 Å². The molecule has 2 rings (SSSR count). The van der Waals surface area contributed by atoms with Crippen molar-refractivity contribution in [3.63, 3.8) is 0 Å². The molecule has 0 saturated heterocycles. The van der Waals surface area contributed by atoms with Crippen molar-refractivity contribution >= 4 is 27.5 Å². The van der Waals surface area contributed by atoms with E-state index in [2.05, 4.69) is 10.0 Å². The van der Waals surface area contributed by atoms with E-state index in [0.29, 0.717) is 5.02 Å². The van der Waals surface area contributed by atoms with Gasteiger partial charge in [-0.15, -0.1) is 0 Å². The number of hydrogen-bond donors (Lipinski definition) is 3. The number of carbonyl (C=O) groups excluding carboxylic acids is 1. The molecule has 3 N–H and O–H groups in total. The van der Waals surface area contributed by atoms with Crippen molar-refractivity contribution in [2.75, 3.05) is 6.61 Å². The second-order valence-electron chi connectivity index (χ2n) is 5.65. The normalized spacial score (nSPS) is 17.7. The van der Waals surface area contributed by atoms with Gasteiger partial charge >= 0.3 is 0 Å². The summed E-state index contributed by atoms with van der Waals surface area (Å²) in [4.78, 5) is 12.2. The van der Waals surface area contributed by atoms with E-state index in [1.807, 2.05) is 0 Å². The number of rotatable bonds is 6. The van der Waals surface area contributed by atoms with E-state index >= 15 is 0 Å². The number of hydrogen-bond acceptors (Lipinski definition) is 4. The van der Waals surface area contributed by atoms with Crippen molar-refractivity contribution < 1.29 is 18.3 Å². The zero-order valence-corrected chi connectivity index (χ0v) is 14.2. The van der Waals surface area contributed by atoms with Crippen molar-refractivity contribution in [2.24, 2.45) is 0 Å². The molecule has 0 bridgehead atoms. The number of nitrogens with one attached hydrogen (secondary N) is 2. The minimum atomic E-state index is -3.90. The van der Waals surface area contributed by atoms with E-state index < -0.39 is 28.6 Å². The van der Waals surface area contributed by atoms with Gasteiger partial charge in [-0.1, -0.05) is 30.9 Å². The Hall–Kier alpha value is -1.15. The lowest BCUT2D eigenvalue weighted by Gasteiger charge is -2.25. The SMILES string of the molecule is O=C(NC1CCCCC1)C(CO)NS(=O)(=O)c1ccc(Cl)cc1. The van der Waals surface area contributed by atoms with Crippen molar-refractivity contribution in [3.05, 3.63) is 29.3 Å². The average molecular weight is 361 g/mol. The van der Waals surface area contributed by atoms with Gasteiger partial charge in [0.15, 0.2) is 0 Å². The first-order valence-electron chi connectivity index (χ1n) is 7.61. The molecule has 0 aromatic heterocycles. The Morgan fingerprint density at radius 3 is 2.39 bits per heavy atom. The molecule has 128 valence electrons. The summed E-state index contributed by atoms with van der Waals surface area (Å²) in [5, 5.41) is 12.6. The van der Waals surface area contributed by atoms with Crippen LogP contribution in [0, 0.1) is 0 Å². The molecule has 1 amide bonds. The predicted molar refractivity (Wildman–Crippen MR) is 87.7 cm³/mol. The molecule has 1 aromatic carbocycles. The molecule has 0 aliphatic heterocycles. The van der Waals surface area contributed by atoms with E-state index in [1.54, 1.807) is 0 Å². The Balaban J connectivity index is 2.02. The number of benzene rings is 1. The minimum absolute atomic E-state index is 0.00850. The lowest BCUT2D eigenvalue weighted by molar-refractivity contribution is -0.124. The Morgan fingerprint density at radius 2 is 1.83 bits per heavy atom. The smallest absolute Gasteiger partial charge is 0.241 e. The number of carbonyl (C=O) groups is 1. The van der Waals surface area contributed by atoms with Crippen molar-refractivity contribution in [1.82, 2.24) is 10.0 Å². The van der Waals surface area contributed by atoms with E-state index in [1.165, 1.54) is 24.3 Å². The van der Waals surface area contributed by atoms with Crippen molar-refractivity contribution in [2.45, 2.75) is 49.1 Å². The number of aliphatic hydroxyl groups is 1. The monoisotopic (exact) mass is 360 g/mol. The molecule has 6 nitrogen and oxygen atoms in total.